The molecule has 1 aliphatic rings. The van der Waals surface area contributed by atoms with E-state index in [1.807, 2.05) is 26.8 Å². The molecule has 1 saturated carbocycles. The molecule has 0 aromatic carbocycles. The molecule has 2 N–H and O–H groups in total. The van der Waals surface area contributed by atoms with Crippen LogP contribution in [0.4, 0.5) is 4.79 Å². The van der Waals surface area contributed by atoms with E-state index < -0.39 is 17.8 Å². The van der Waals surface area contributed by atoms with Gasteiger partial charge in [-0.25, -0.2) is 9.78 Å². The van der Waals surface area contributed by atoms with Gasteiger partial charge in [-0.05, 0) is 56.5 Å². The van der Waals surface area contributed by atoms with Gasteiger partial charge in [0, 0.05) is 11.6 Å². The number of alkyl carbamates (subject to hydrolysis) is 1. The Morgan fingerprint density at radius 2 is 2.22 bits per heavy atom. The number of pyridine rings is 1. The van der Waals surface area contributed by atoms with Crippen LogP contribution in [0.25, 0.3) is 10.2 Å². The van der Waals surface area contributed by atoms with Gasteiger partial charge in [0.1, 0.15) is 10.4 Å². The molecule has 0 bridgehead atoms. The van der Waals surface area contributed by atoms with Crippen molar-refractivity contribution >= 4 is 27.6 Å². The van der Waals surface area contributed by atoms with Gasteiger partial charge in [-0.2, -0.15) is 0 Å². The van der Waals surface area contributed by atoms with Crippen molar-refractivity contribution in [2.45, 2.75) is 57.3 Å². The topological polar surface area (TPSA) is 71.5 Å². The van der Waals surface area contributed by atoms with Crippen molar-refractivity contribution < 1.29 is 14.6 Å². The van der Waals surface area contributed by atoms with Gasteiger partial charge in [0.25, 0.3) is 0 Å². The van der Waals surface area contributed by atoms with Gasteiger partial charge in [-0.1, -0.05) is 6.07 Å². The number of amides is 1. The van der Waals surface area contributed by atoms with E-state index in [4.69, 9.17) is 4.74 Å². The van der Waals surface area contributed by atoms with E-state index in [1.54, 1.807) is 17.5 Å². The van der Waals surface area contributed by atoms with E-state index >= 15 is 0 Å². The standard InChI is InChI=1S/C17H22N2O3S/c1-17(2,3)22-16(21)19-13-7-10(8-14(13)20)12-9-23-15-11(12)5-4-6-18-15/h4-6,9-10,13-14,20H,7-8H2,1-3H3,(H,19,21). The number of carbonyl (C=O) groups excluding carboxylic acids is 1. The number of nitrogens with one attached hydrogen (secondary N) is 1. The van der Waals surface area contributed by atoms with Gasteiger partial charge in [0.2, 0.25) is 0 Å². The van der Waals surface area contributed by atoms with E-state index in [9.17, 15) is 9.90 Å². The minimum absolute atomic E-state index is 0.225. The number of ether oxygens (including phenoxy) is 1. The van der Waals surface area contributed by atoms with E-state index in [0.717, 1.165) is 10.2 Å². The summed E-state index contributed by atoms with van der Waals surface area (Å²) in [7, 11) is 0. The SMILES string of the molecule is CC(C)(C)OC(=O)NC1CC(c2csc3ncccc23)CC1O. The van der Waals surface area contributed by atoms with Crippen LogP contribution in [0.5, 0.6) is 0 Å². The Morgan fingerprint density at radius 3 is 2.96 bits per heavy atom. The second-order valence-corrected chi connectivity index (χ2v) is 7.89. The molecule has 3 atom stereocenters. The number of fused-ring (bicyclic) bond motifs is 1. The Hall–Kier alpha value is -1.66. The molecule has 2 aromatic rings. The van der Waals surface area contributed by atoms with E-state index in [-0.39, 0.29) is 12.0 Å². The molecule has 0 saturated heterocycles. The molecule has 0 aliphatic heterocycles. The smallest absolute Gasteiger partial charge is 0.407 e. The third kappa shape index (κ3) is 3.64. The fraction of sp³-hybridized carbons (Fsp3) is 0.529. The summed E-state index contributed by atoms with van der Waals surface area (Å²) in [6.45, 7) is 5.47. The quantitative estimate of drug-likeness (QED) is 0.882. The van der Waals surface area contributed by atoms with Crippen LogP contribution in [0.3, 0.4) is 0 Å². The lowest BCUT2D eigenvalue weighted by atomic mass is 9.97. The first-order valence-corrected chi connectivity index (χ1v) is 8.71. The van der Waals surface area contributed by atoms with Crippen molar-refractivity contribution in [1.82, 2.24) is 10.3 Å². The molecule has 3 unspecified atom stereocenters. The number of aromatic nitrogens is 1. The normalized spacial score (nSPS) is 24.8. The van der Waals surface area contributed by atoms with Crippen LogP contribution in [0.1, 0.15) is 45.1 Å². The van der Waals surface area contributed by atoms with Crippen molar-refractivity contribution in [2.24, 2.45) is 0 Å². The van der Waals surface area contributed by atoms with Crippen LogP contribution in [-0.4, -0.2) is 33.9 Å². The van der Waals surface area contributed by atoms with Crippen molar-refractivity contribution in [3.05, 3.63) is 29.3 Å². The predicted octanol–water partition coefficient (Wildman–Crippen LogP) is 3.43. The summed E-state index contributed by atoms with van der Waals surface area (Å²) in [5.41, 5.74) is 0.674. The zero-order valence-electron chi connectivity index (χ0n) is 13.6. The average molecular weight is 334 g/mol. The molecule has 2 aromatic heterocycles. The van der Waals surface area contributed by atoms with Crippen LogP contribution in [-0.2, 0) is 4.74 Å². The Bertz CT molecular complexity index is 707. The van der Waals surface area contributed by atoms with Crippen molar-refractivity contribution in [1.29, 1.82) is 0 Å². The number of aliphatic hydroxyl groups excluding tert-OH is 1. The Kier molecular flexibility index (Phi) is 4.29. The van der Waals surface area contributed by atoms with Crippen molar-refractivity contribution in [3.8, 4) is 0 Å². The monoisotopic (exact) mass is 334 g/mol. The van der Waals surface area contributed by atoms with Gasteiger partial charge in [0.15, 0.2) is 0 Å². The van der Waals surface area contributed by atoms with Crippen LogP contribution >= 0.6 is 11.3 Å². The summed E-state index contributed by atoms with van der Waals surface area (Å²) >= 11 is 1.62. The lowest BCUT2D eigenvalue weighted by molar-refractivity contribution is 0.0450. The molecule has 2 heterocycles. The van der Waals surface area contributed by atoms with Gasteiger partial charge < -0.3 is 15.2 Å². The van der Waals surface area contributed by atoms with Crippen LogP contribution in [0, 0.1) is 0 Å². The third-order valence-corrected chi connectivity index (χ3v) is 4.97. The number of thiophene rings is 1. The van der Waals surface area contributed by atoms with Gasteiger partial charge in [-0.3, -0.25) is 0 Å². The lowest BCUT2D eigenvalue weighted by Gasteiger charge is -2.23. The molecule has 0 spiro atoms. The summed E-state index contributed by atoms with van der Waals surface area (Å²) in [5, 5.41) is 16.4. The summed E-state index contributed by atoms with van der Waals surface area (Å²) in [6.07, 6.45) is 2.11. The molecule has 1 aliphatic carbocycles. The molecule has 0 radical (unpaired) electrons. The maximum absolute atomic E-state index is 11.9. The van der Waals surface area contributed by atoms with Crippen molar-refractivity contribution in [3.63, 3.8) is 0 Å². The van der Waals surface area contributed by atoms with Crippen LogP contribution < -0.4 is 5.32 Å². The number of hydrogen-bond donors (Lipinski definition) is 2. The molecular formula is C17H22N2O3S. The highest BCUT2D eigenvalue weighted by Crippen LogP contribution is 2.40. The first-order chi connectivity index (χ1) is 10.8. The minimum atomic E-state index is -0.556. The zero-order chi connectivity index (χ0) is 16.6. The summed E-state index contributed by atoms with van der Waals surface area (Å²) in [4.78, 5) is 17.3. The second kappa shape index (κ2) is 6.09. The highest BCUT2D eigenvalue weighted by atomic mass is 32.1. The van der Waals surface area contributed by atoms with Gasteiger partial charge in [-0.15, -0.1) is 11.3 Å². The largest absolute Gasteiger partial charge is 0.444 e. The van der Waals surface area contributed by atoms with Gasteiger partial charge in [0.05, 0.1) is 12.1 Å². The van der Waals surface area contributed by atoms with Gasteiger partial charge >= 0.3 is 6.09 Å². The maximum atomic E-state index is 11.9. The number of carbonyl (C=O) groups is 1. The molecule has 1 amide bonds. The Morgan fingerprint density at radius 1 is 1.43 bits per heavy atom. The van der Waals surface area contributed by atoms with E-state index in [2.05, 4.69) is 21.7 Å². The minimum Gasteiger partial charge on any atom is -0.444 e. The van der Waals surface area contributed by atoms with Crippen molar-refractivity contribution in [2.75, 3.05) is 0 Å². The Labute approximate surface area is 139 Å². The highest BCUT2D eigenvalue weighted by Gasteiger charge is 2.36. The number of nitrogens with zero attached hydrogens (tertiary/aromatic N) is 1. The Balaban J connectivity index is 1.70. The molecule has 1 fully saturated rings. The predicted molar refractivity (Wildman–Crippen MR) is 90.8 cm³/mol. The average Bonchev–Trinajstić information content (AvgIpc) is 3.01. The molecular weight excluding hydrogens is 312 g/mol. The highest BCUT2D eigenvalue weighted by molar-refractivity contribution is 7.16. The fourth-order valence-electron chi connectivity index (χ4n) is 3.09. The number of rotatable bonds is 2. The van der Waals surface area contributed by atoms with Crippen LogP contribution in [0.15, 0.2) is 23.7 Å². The second-order valence-electron chi connectivity index (χ2n) is 7.04. The molecule has 23 heavy (non-hydrogen) atoms. The molecule has 6 heteroatoms. The number of hydrogen-bond acceptors (Lipinski definition) is 5. The van der Waals surface area contributed by atoms with E-state index in [1.165, 1.54) is 5.56 Å². The maximum Gasteiger partial charge on any atom is 0.407 e. The number of aliphatic hydroxyl groups is 1. The zero-order valence-corrected chi connectivity index (χ0v) is 14.4. The fourth-order valence-corrected chi connectivity index (χ4v) is 4.08. The lowest BCUT2D eigenvalue weighted by Crippen LogP contribution is -2.42. The molecule has 124 valence electrons. The third-order valence-electron chi connectivity index (χ3n) is 4.05. The molecule has 3 rings (SSSR count). The first-order valence-electron chi connectivity index (χ1n) is 7.83. The molecule has 5 nitrogen and oxygen atoms in total. The van der Waals surface area contributed by atoms with E-state index in [0.29, 0.717) is 12.8 Å². The van der Waals surface area contributed by atoms with Crippen LogP contribution in [0.2, 0.25) is 0 Å². The summed E-state index contributed by atoms with van der Waals surface area (Å²) in [6, 6.07) is 3.72. The summed E-state index contributed by atoms with van der Waals surface area (Å²) < 4.78 is 5.28. The first kappa shape index (κ1) is 16.2. The summed E-state index contributed by atoms with van der Waals surface area (Å²) in [5.74, 6) is 0.225.